The summed E-state index contributed by atoms with van der Waals surface area (Å²) in [4.78, 5) is 23.7. The summed E-state index contributed by atoms with van der Waals surface area (Å²) in [5.41, 5.74) is 3.61. The van der Waals surface area contributed by atoms with E-state index in [1.165, 1.54) is 24.3 Å². The number of rotatable bonds is 4. The van der Waals surface area contributed by atoms with Crippen LogP contribution in [0.3, 0.4) is 0 Å². The topological polar surface area (TPSA) is 89.0 Å². The van der Waals surface area contributed by atoms with E-state index in [9.17, 15) is 14.9 Å². The zero-order valence-electron chi connectivity index (χ0n) is 12.8. The highest BCUT2D eigenvalue weighted by atomic mass is 16.6. The summed E-state index contributed by atoms with van der Waals surface area (Å²) in [5, 5.41) is 14.9. The van der Waals surface area contributed by atoms with Crippen molar-refractivity contribution in [3.05, 3.63) is 39.9 Å². The van der Waals surface area contributed by atoms with Gasteiger partial charge in [-0.25, -0.2) is 5.43 Å². The molecular weight excluding hydrogens is 284 g/mol. The van der Waals surface area contributed by atoms with Gasteiger partial charge in [0.25, 0.3) is 11.6 Å². The van der Waals surface area contributed by atoms with Gasteiger partial charge in [-0.15, -0.1) is 0 Å². The number of piperidine rings is 1. The summed E-state index contributed by atoms with van der Waals surface area (Å²) in [6.45, 7) is 6.43. The molecule has 0 radical (unpaired) electrons. The first-order chi connectivity index (χ1) is 10.5. The van der Waals surface area contributed by atoms with Gasteiger partial charge in [-0.05, 0) is 19.9 Å². The van der Waals surface area contributed by atoms with Crippen LogP contribution in [0, 0.1) is 10.1 Å². The van der Waals surface area contributed by atoms with Crippen LogP contribution in [-0.2, 0) is 0 Å². The predicted molar refractivity (Wildman–Crippen MR) is 83.1 cm³/mol. The molecule has 1 amide bonds. The Bertz CT molecular complexity index is 588. The second kappa shape index (κ2) is 7.13. The first-order valence-electron chi connectivity index (χ1n) is 7.42. The number of nitro groups is 1. The summed E-state index contributed by atoms with van der Waals surface area (Å²) in [6.07, 6.45) is 1.73. The number of non-ortho nitro benzene ring substituents is 1. The number of hydrogen-bond acceptors (Lipinski definition) is 4. The van der Waals surface area contributed by atoms with Gasteiger partial charge in [0.15, 0.2) is 0 Å². The molecular formula is C15H21N4O3+. The van der Waals surface area contributed by atoms with Crippen LogP contribution in [-0.4, -0.2) is 35.7 Å². The van der Waals surface area contributed by atoms with E-state index in [2.05, 4.69) is 24.4 Å². The summed E-state index contributed by atoms with van der Waals surface area (Å²) < 4.78 is 0. The molecule has 2 rings (SSSR count). The fraction of sp³-hybridized carbons (Fsp3) is 0.467. The molecule has 1 aliphatic rings. The van der Waals surface area contributed by atoms with Crippen molar-refractivity contribution in [1.82, 2.24) is 5.43 Å². The molecule has 0 spiro atoms. The molecule has 0 atom stereocenters. The van der Waals surface area contributed by atoms with Crippen molar-refractivity contribution in [3.63, 3.8) is 0 Å². The van der Waals surface area contributed by atoms with Crippen LogP contribution >= 0.6 is 0 Å². The lowest BCUT2D eigenvalue weighted by Crippen LogP contribution is -3.16. The molecule has 1 aliphatic heterocycles. The minimum atomic E-state index is -0.521. The average molecular weight is 305 g/mol. The van der Waals surface area contributed by atoms with Crippen LogP contribution < -0.4 is 10.3 Å². The van der Waals surface area contributed by atoms with E-state index in [4.69, 9.17) is 0 Å². The van der Waals surface area contributed by atoms with Crippen LogP contribution in [0.5, 0.6) is 0 Å². The second-order valence-corrected chi connectivity index (χ2v) is 5.74. The van der Waals surface area contributed by atoms with Crippen molar-refractivity contribution >= 4 is 17.3 Å². The van der Waals surface area contributed by atoms with Gasteiger partial charge >= 0.3 is 0 Å². The zero-order chi connectivity index (χ0) is 16.1. The molecule has 0 unspecified atom stereocenters. The molecule has 0 aliphatic carbocycles. The third-order valence-corrected chi connectivity index (χ3v) is 3.92. The number of amides is 1. The van der Waals surface area contributed by atoms with E-state index in [-0.39, 0.29) is 11.3 Å². The number of carbonyl (C=O) groups excluding carboxylic acids is 1. The lowest BCUT2D eigenvalue weighted by atomic mass is 10.1. The monoisotopic (exact) mass is 305 g/mol. The highest BCUT2D eigenvalue weighted by Crippen LogP contribution is 2.12. The van der Waals surface area contributed by atoms with Gasteiger partial charge in [-0.2, -0.15) is 5.10 Å². The standard InChI is InChI=1S/C15H20N4O3/c1-11(2)18-8-6-13(7-9-18)16-17-15(20)12-4-3-5-14(10-12)19(21)22/h3-5,10-11H,6-9H2,1-2H3,(H,17,20)/p+1. The van der Waals surface area contributed by atoms with Gasteiger partial charge in [0, 0.05) is 36.2 Å². The molecule has 0 saturated carbocycles. The second-order valence-electron chi connectivity index (χ2n) is 5.74. The smallest absolute Gasteiger partial charge is 0.271 e. The third kappa shape index (κ3) is 4.11. The molecule has 0 bridgehead atoms. The molecule has 2 N–H and O–H groups in total. The Morgan fingerprint density at radius 3 is 2.64 bits per heavy atom. The van der Waals surface area contributed by atoms with Crippen molar-refractivity contribution in [2.45, 2.75) is 32.7 Å². The molecule has 22 heavy (non-hydrogen) atoms. The SMILES string of the molecule is CC(C)[NH+]1CCC(=NNC(=O)c2cccc([N+](=O)[O-])c2)CC1. The summed E-state index contributed by atoms with van der Waals surface area (Å²) in [5.74, 6) is -0.421. The Kier molecular flexibility index (Phi) is 5.21. The Balaban J connectivity index is 1.94. The normalized spacial score (nSPS) is 18.1. The fourth-order valence-electron chi connectivity index (χ4n) is 2.50. The molecule has 1 fully saturated rings. The maximum atomic E-state index is 12.0. The van der Waals surface area contributed by atoms with Crippen LogP contribution in [0.15, 0.2) is 29.4 Å². The molecule has 118 valence electrons. The average Bonchev–Trinajstić information content (AvgIpc) is 2.53. The first kappa shape index (κ1) is 16.1. The number of likely N-dealkylation sites (tertiary alicyclic amines) is 1. The van der Waals surface area contributed by atoms with Crippen LogP contribution in [0.1, 0.15) is 37.0 Å². The Morgan fingerprint density at radius 1 is 1.36 bits per heavy atom. The third-order valence-electron chi connectivity index (χ3n) is 3.92. The van der Waals surface area contributed by atoms with Gasteiger partial charge in [0.05, 0.1) is 24.1 Å². The lowest BCUT2D eigenvalue weighted by molar-refractivity contribution is -0.922. The molecule has 1 aromatic carbocycles. The number of nitro benzene ring substituents is 1. The molecule has 7 heteroatoms. The van der Waals surface area contributed by atoms with Gasteiger partial charge in [-0.3, -0.25) is 14.9 Å². The summed E-state index contributed by atoms with van der Waals surface area (Å²) >= 11 is 0. The maximum absolute atomic E-state index is 12.0. The van der Waals surface area contributed by atoms with E-state index >= 15 is 0 Å². The number of nitrogens with zero attached hydrogens (tertiary/aromatic N) is 2. The van der Waals surface area contributed by atoms with Crippen molar-refractivity contribution in [3.8, 4) is 0 Å². The fourth-order valence-corrected chi connectivity index (χ4v) is 2.50. The van der Waals surface area contributed by atoms with Gasteiger partial charge < -0.3 is 4.90 Å². The van der Waals surface area contributed by atoms with Crippen LogP contribution in [0.2, 0.25) is 0 Å². The number of hydrogen-bond donors (Lipinski definition) is 2. The van der Waals surface area contributed by atoms with Gasteiger partial charge in [-0.1, -0.05) is 6.07 Å². The highest BCUT2D eigenvalue weighted by molar-refractivity contribution is 5.96. The zero-order valence-corrected chi connectivity index (χ0v) is 12.8. The first-order valence-corrected chi connectivity index (χ1v) is 7.42. The summed E-state index contributed by atoms with van der Waals surface area (Å²) in [6, 6.07) is 6.23. The van der Waals surface area contributed by atoms with Crippen molar-refractivity contribution < 1.29 is 14.6 Å². The van der Waals surface area contributed by atoms with Gasteiger partial charge in [0.1, 0.15) is 0 Å². The number of carbonyl (C=O) groups is 1. The van der Waals surface area contributed by atoms with Crippen molar-refractivity contribution in [1.29, 1.82) is 0 Å². The Morgan fingerprint density at radius 2 is 2.05 bits per heavy atom. The van der Waals surface area contributed by atoms with E-state index in [0.717, 1.165) is 31.6 Å². The predicted octanol–water partition coefficient (Wildman–Crippen LogP) is 0.768. The number of nitrogens with one attached hydrogen (secondary N) is 2. The van der Waals surface area contributed by atoms with Crippen LogP contribution in [0.4, 0.5) is 5.69 Å². The molecule has 1 heterocycles. The molecule has 0 aromatic heterocycles. The number of hydrazone groups is 1. The lowest BCUT2D eigenvalue weighted by Gasteiger charge is -2.27. The van der Waals surface area contributed by atoms with Crippen LogP contribution in [0.25, 0.3) is 0 Å². The molecule has 1 aromatic rings. The van der Waals surface area contributed by atoms with Crippen molar-refractivity contribution in [2.75, 3.05) is 13.1 Å². The molecule has 1 saturated heterocycles. The van der Waals surface area contributed by atoms with Gasteiger partial charge in [0.2, 0.25) is 0 Å². The van der Waals surface area contributed by atoms with E-state index in [1.54, 1.807) is 4.90 Å². The van der Waals surface area contributed by atoms with E-state index in [1.807, 2.05) is 0 Å². The maximum Gasteiger partial charge on any atom is 0.271 e. The summed E-state index contributed by atoms with van der Waals surface area (Å²) in [7, 11) is 0. The van der Waals surface area contributed by atoms with E-state index < -0.39 is 10.8 Å². The Labute approximate surface area is 129 Å². The van der Waals surface area contributed by atoms with E-state index in [0.29, 0.717) is 6.04 Å². The minimum absolute atomic E-state index is 0.103. The quantitative estimate of drug-likeness (QED) is 0.636. The highest BCUT2D eigenvalue weighted by Gasteiger charge is 2.20. The number of quaternary nitrogens is 1. The Hall–Kier alpha value is -2.28. The molecule has 7 nitrogen and oxygen atoms in total. The largest absolute Gasteiger partial charge is 0.332 e. The minimum Gasteiger partial charge on any atom is -0.332 e. The number of benzene rings is 1. The van der Waals surface area contributed by atoms with Crippen molar-refractivity contribution in [2.24, 2.45) is 5.10 Å².